The molecule has 0 radical (unpaired) electrons. The monoisotopic (exact) mass is 560 g/mol. The van der Waals surface area contributed by atoms with E-state index in [1.54, 1.807) is 16.9 Å². The van der Waals surface area contributed by atoms with Gasteiger partial charge in [-0.2, -0.15) is 0 Å². The van der Waals surface area contributed by atoms with Crippen molar-refractivity contribution in [2.45, 2.75) is 111 Å². The second kappa shape index (κ2) is 10.2. The molecule has 1 aromatic rings. The van der Waals surface area contributed by atoms with E-state index in [1.165, 1.54) is 16.7 Å². The summed E-state index contributed by atoms with van der Waals surface area (Å²) < 4.78 is 11.3. The van der Waals surface area contributed by atoms with Crippen LogP contribution in [0.25, 0.3) is 0 Å². The Balaban J connectivity index is 2.78. The molecule has 4 heteroatoms. The first kappa shape index (κ1) is 29.3. The molecule has 0 aliphatic heterocycles. The Bertz CT molecular complexity index is 918. The van der Waals surface area contributed by atoms with Crippen molar-refractivity contribution in [1.29, 1.82) is 0 Å². The quantitative estimate of drug-likeness (QED) is 0.288. The predicted molar refractivity (Wildman–Crippen MR) is 151 cm³/mol. The molecular weight excluding hydrogens is 509 g/mol. The van der Waals surface area contributed by atoms with Crippen molar-refractivity contribution in [3.8, 4) is 5.75 Å². The molecule has 0 N–H and O–H groups in total. The van der Waals surface area contributed by atoms with Gasteiger partial charge in [-0.3, -0.25) is 0 Å². The van der Waals surface area contributed by atoms with E-state index in [-0.39, 0.29) is 10.8 Å². The summed E-state index contributed by atoms with van der Waals surface area (Å²) >= 11 is -1.96. The molecule has 0 unspecified atom stereocenters. The van der Waals surface area contributed by atoms with E-state index in [0.29, 0.717) is 0 Å². The molecule has 2 rings (SSSR count). The molecule has 33 heavy (non-hydrogen) atoms. The first-order chi connectivity index (χ1) is 14.8. The average Bonchev–Trinajstić information content (AvgIpc) is 2.99. The van der Waals surface area contributed by atoms with Gasteiger partial charge in [-0.25, -0.2) is 0 Å². The van der Waals surface area contributed by atoms with Crippen LogP contribution in [0.5, 0.6) is 5.75 Å². The third-order valence-corrected chi connectivity index (χ3v) is 39.9. The topological polar surface area (TPSA) is 9.23 Å². The molecule has 0 bridgehead atoms. The SMILES string of the molecule is COc1c(C(C)(C)C)cc(C)cc1C(C)(C)C1=[C]([Y]([CH2][Si](C)(C)C)[CH2][Si](C)(C)C)C(C)=CC1. The summed E-state index contributed by atoms with van der Waals surface area (Å²) in [6.45, 7) is 32.1. The maximum absolute atomic E-state index is 6.18. The van der Waals surface area contributed by atoms with Crippen LogP contribution >= 0.6 is 0 Å². The second-order valence-electron chi connectivity index (χ2n) is 14.5. The number of hydrogen-bond acceptors (Lipinski definition) is 1. The number of methoxy groups -OCH3 is 1. The molecule has 0 saturated carbocycles. The Kier molecular flexibility index (Phi) is 9.04. The Labute approximate surface area is 218 Å². The Morgan fingerprint density at radius 2 is 1.33 bits per heavy atom. The van der Waals surface area contributed by atoms with Crippen LogP contribution in [0.15, 0.2) is 31.7 Å². The van der Waals surface area contributed by atoms with Gasteiger partial charge in [0.15, 0.2) is 0 Å². The van der Waals surface area contributed by atoms with Gasteiger partial charge >= 0.3 is 220 Å². The van der Waals surface area contributed by atoms with Crippen molar-refractivity contribution in [2.24, 2.45) is 0 Å². The first-order valence-corrected chi connectivity index (χ1v) is 25.7. The van der Waals surface area contributed by atoms with Crippen LogP contribution in [-0.4, -0.2) is 23.3 Å². The molecule has 0 spiro atoms. The van der Waals surface area contributed by atoms with E-state index in [0.717, 1.165) is 12.2 Å². The first-order valence-electron chi connectivity index (χ1n) is 12.9. The van der Waals surface area contributed by atoms with Gasteiger partial charge in [-0.1, -0.05) is 0 Å². The van der Waals surface area contributed by atoms with Crippen LogP contribution in [0.4, 0.5) is 0 Å². The van der Waals surface area contributed by atoms with Gasteiger partial charge in [0.1, 0.15) is 0 Å². The number of ether oxygens (including phenoxy) is 1. The fraction of sp³-hybridized carbons (Fsp3) is 0.655. The molecule has 184 valence electrons. The van der Waals surface area contributed by atoms with E-state index >= 15 is 0 Å². The molecule has 0 aromatic heterocycles. The van der Waals surface area contributed by atoms with Gasteiger partial charge in [0, 0.05) is 0 Å². The van der Waals surface area contributed by atoms with E-state index in [1.807, 2.05) is 9.49 Å². The summed E-state index contributed by atoms with van der Waals surface area (Å²) in [5.74, 6) is 1.11. The number of allylic oxidation sites excluding steroid dienone is 4. The van der Waals surface area contributed by atoms with E-state index in [4.69, 9.17) is 4.74 Å². The zero-order valence-electron chi connectivity index (χ0n) is 24.3. The zero-order chi connectivity index (χ0) is 25.6. The Hall–Kier alpha value is 0.0377. The van der Waals surface area contributed by atoms with E-state index in [2.05, 4.69) is 106 Å². The molecule has 1 nitrogen and oxygen atoms in total. The van der Waals surface area contributed by atoms with Crippen molar-refractivity contribution in [3.63, 3.8) is 0 Å². The van der Waals surface area contributed by atoms with E-state index in [9.17, 15) is 0 Å². The molecule has 1 aromatic carbocycles. The summed E-state index contributed by atoms with van der Waals surface area (Å²) in [6.07, 6.45) is 3.68. The van der Waals surface area contributed by atoms with Gasteiger partial charge < -0.3 is 0 Å². The minimum atomic E-state index is -1.96. The van der Waals surface area contributed by atoms with Crippen LogP contribution in [-0.2, 0) is 38.3 Å². The van der Waals surface area contributed by atoms with Crippen LogP contribution in [0.1, 0.15) is 64.7 Å². The summed E-state index contributed by atoms with van der Waals surface area (Å²) in [7, 11) is -0.366. The van der Waals surface area contributed by atoms with Crippen LogP contribution in [0, 0.1) is 6.92 Å². The molecular formula is C29H51OSi2Y. The third-order valence-electron chi connectivity index (χ3n) is 7.16. The Morgan fingerprint density at radius 3 is 1.76 bits per heavy atom. The van der Waals surface area contributed by atoms with E-state index < -0.39 is 43.6 Å². The fourth-order valence-corrected chi connectivity index (χ4v) is 42.0. The Morgan fingerprint density at radius 1 is 0.848 bits per heavy atom. The minimum absolute atomic E-state index is 0.0188. The van der Waals surface area contributed by atoms with Gasteiger partial charge in [-0.05, 0) is 0 Å². The number of aryl methyl sites for hydroxylation is 1. The number of benzene rings is 1. The number of hydrogen-bond donors (Lipinski definition) is 0. The van der Waals surface area contributed by atoms with Crippen LogP contribution < -0.4 is 4.74 Å². The predicted octanol–water partition coefficient (Wildman–Crippen LogP) is 9.39. The van der Waals surface area contributed by atoms with Gasteiger partial charge in [0.25, 0.3) is 0 Å². The standard InChI is InChI=1S/C21H29O.2C4H11Si.Y/c1-14-9-10-16(11-14)21(6,7)18-13-15(2)12-17(19(18)22-8)20(3,4)5;2*1-5(2,3)4;/h9,12-13H,10H2,1-8H3;2*1H2,2-4H3;. The van der Waals surface area contributed by atoms with Crippen LogP contribution in [0.2, 0.25) is 45.0 Å². The van der Waals surface area contributed by atoms with Crippen LogP contribution in [0.3, 0.4) is 0 Å². The summed E-state index contributed by atoms with van der Waals surface area (Å²) in [4.78, 5) is 0. The average molecular weight is 561 g/mol. The van der Waals surface area contributed by atoms with Crippen molar-refractivity contribution >= 4 is 16.1 Å². The van der Waals surface area contributed by atoms with Gasteiger partial charge in [0.2, 0.25) is 0 Å². The molecule has 0 amide bonds. The fourth-order valence-electron chi connectivity index (χ4n) is 5.80. The normalized spacial score (nSPS) is 15.8. The molecule has 0 atom stereocenters. The second-order valence-corrected chi connectivity index (χ2v) is 36.4. The summed E-state index contributed by atoms with van der Waals surface area (Å²) in [6, 6.07) is 4.75. The summed E-state index contributed by atoms with van der Waals surface area (Å²) in [5.41, 5.74) is 7.45. The van der Waals surface area contributed by atoms with Gasteiger partial charge in [0.05, 0.1) is 0 Å². The molecule has 0 heterocycles. The van der Waals surface area contributed by atoms with Crippen molar-refractivity contribution < 1.29 is 32.2 Å². The third kappa shape index (κ3) is 7.27. The molecule has 1 aliphatic carbocycles. The molecule has 0 fully saturated rings. The summed E-state index contributed by atoms with van der Waals surface area (Å²) in [5, 5.41) is 0. The van der Waals surface area contributed by atoms with Crippen molar-refractivity contribution in [2.75, 3.05) is 7.11 Å². The molecule has 0 saturated heterocycles. The zero-order valence-corrected chi connectivity index (χ0v) is 29.2. The maximum atomic E-state index is 6.18. The molecule has 1 aliphatic rings. The van der Waals surface area contributed by atoms with Crippen molar-refractivity contribution in [3.05, 3.63) is 48.4 Å². The van der Waals surface area contributed by atoms with Crippen molar-refractivity contribution in [1.82, 2.24) is 0 Å². The van der Waals surface area contributed by atoms with Gasteiger partial charge in [-0.15, -0.1) is 0 Å². The number of rotatable bonds is 8.